The number of aryl methyl sites for hydroxylation is 1. The third kappa shape index (κ3) is 1.56. The number of ether oxygens (including phenoxy) is 1. The number of methoxy groups -OCH3 is 1. The molecule has 2 rings (SSSR count). The molecule has 0 aliphatic carbocycles. The first kappa shape index (κ1) is 9.64. The van der Waals surface area contributed by atoms with E-state index in [0.29, 0.717) is 5.69 Å². The second-order valence-corrected chi connectivity index (χ2v) is 3.10. The smallest absolute Gasteiger partial charge is 0.356 e. The minimum Gasteiger partial charge on any atom is -0.464 e. The van der Waals surface area contributed by atoms with E-state index in [1.54, 1.807) is 12.4 Å². The predicted octanol–water partition coefficient (Wildman–Crippen LogP) is 1.31. The number of H-pyrrole nitrogens is 1. The summed E-state index contributed by atoms with van der Waals surface area (Å²) in [7, 11) is 1.34. The van der Waals surface area contributed by atoms with Gasteiger partial charge in [-0.1, -0.05) is 6.92 Å². The molecule has 5 heteroatoms. The van der Waals surface area contributed by atoms with Crippen LogP contribution in [0.1, 0.15) is 23.1 Å². The van der Waals surface area contributed by atoms with E-state index in [9.17, 15) is 4.79 Å². The molecule has 0 unspecified atom stereocenters. The lowest BCUT2D eigenvalue weighted by molar-refractivity contribution is 0.0594. The fourth-order valence-corrected chi connectivity index (χ4v) is 1.47. The van der Waals surface area contributed by atoms with Gasteiger partial charge in [0.1, 0.15) is 5.52 Å². The Bertz CT molecular complexity index is 504. The summed E-state index contributed by atoms with van der Waals surface area (Å²) in [5.74, 6) is -0.429. The van der Waals surface area contributed by atoms with Crippen molar-refractivity contribution in [3.05, 3.63) is 23.8 Å². The zero-order valence-corrected chi connectivity index (χ0v) is 8.57. The fraction of sp³-hybridized carbons (Fsp3) is 0.300. The first-order valence-corrected chi connectivity index (χ1v) is 4.67. The molecule has 0 aliphatic rings. The Morgan fingerprint density at radius 1 is 1.60 bits per heavy atom. The van der Waals surface area contributed by atoms with E-state index in [-0.39, 0.29) is 0 Å². The number of carbonyl (C=O) groups excluding carboxylic acids is 1. The maximum absolute atomic E-state index is 11.3. The molecule has 0 radical (unpaired) electrons. The highest BCUT2D eigenvalue weighted by molar-refractivity contribution is 5.91. The van der Waals surface area contributed by atoms with Crippen LogP contribution in [0.2, 0.25) is 0 Å². The Labute approximate surface area is 86.5 Å². The van der Waals surface area contributed by atoms with Gasteiger partial charge in [-0.05, 0) is 12.5 Å². The van der Waals surface area contributed by atoms with Crippen molar-refractivity contribution < 1.29 is 9.53 Å². The van der Waals surface area contributed by atoms with Crippen LogP contribution in [0.4, 0.5) is 0 Å². The predicted molar refractivity (Wildman–Crippen MR) is 54.6 cm³/mol. The number of pyridine rings is 1. The number of aromatic amines is 1. The highest BCUT2D eigenvalue weighted by atomic mass is 16.5. The zero-order valence-electron chi connectivity index (χ0n) is 8.57. The van der Waals surface area contributed by atoms with Crippen molar-refractivity contribution in [2.75, 3.05) is 7.11 Å². The lowest BCUT2D eigenvalue weighted by Crippen LogP contribution is -2.06. The Kier molecular flexibility index (Phi) is 2.37. The van der Waals surface area contributed by atoms with Crippen molar-refractivity contribution in [3.63, 3.8) is 0 Å². The molecule has 15 heavy (non-hydrogen) atoms. The summed E-state index contributed by atoms with van der Waals surface area (Å²) in [6.45, 7) is 1.97. The first-order chi connectivity index (χ1) is 7.26. The van der Waals surface area contributed by atoms with Crippen LogP contribution in [0, 0.1) is 0 Å². The van der Waals surface area contributed by atoms with Gasteiger partial charge >= 0.3 is 5.97 Å². The molecule has 1 N–H and O–H groups in total. The second kappa shape index (κ2) is 3.68. The van der Waals surface area contributed by atoms with Gasteiger partial charge in [-0.3, -0.25) is 0 Å². The third-order valence-electron chi connectivity index (χ3n) is 2.21. The summed E-state index contributed by atoms with van der Waals surface area (Å²) in [6.07, 6.45) is 2.32. The number of aromatic nitrogens is 3. The van der Waals surface area contributed by atoms with E-state index in [0.717, 1.165) is 23.1 Å². The molecular formula is C10H11N3O2. The van der Waals surface area contributed by atoms with Crippen molar-refractivity contribution in [2.24, 2.45) is 0 Å². The quantitative estimate of drug-likeness (QED) is 0.750. The van der Waals surface area contributed by atoms with Gasteiger partial charge in [0.05, 0.1) is 24.6 Å². The minimum absolute atomic E-state index is 0.311. The topological polar surface area (TPSA) is 67.9 Å². The number of nitrogens with zero attached hydrogens (tertiary/aromatic N) is 2. The van der Waals surface area contributed by atoms with E-state index >= 15 is 0 Å². The van der Waals surface area contributed by atoms with E-state index < -0.39 is 5.97 Å². The SMILES string of the molecule is CCc1nc(C(=O)OC)cc2[nH]cnc12. The van der Waals surface area contributed by atoms with Crippen LogP contribution in [0.15, 0.2) is 12.4 Å². The van der Waals surface area contributed by atoms with Crippen molar-refractivity contribution in [1.82, 2.24) is 15.0 Å². The van der Waals surface area contributed by atoms with Crippen molar-refractivity contribution in [1.29, 1.82) is 0 Å². The van der Waals surface area contributed by atoms with Crippen LogP contribution in [-0.2, 0) is 11.2 Å². The molecule has 78 valence electrons. The van der Waals surface area contributed by atoms with Gasteiger partial charge in [0.15, 0.2) is 5.69 Å². The van der Waals surface area contributed by atoms with Gasteiger partial charge in [-0.2, -0.15) is 0 Å². The maximum atomic E-state index is 11.3. The Hall–Kier alpha value is -1.91. The van der Waals surface area contributed by atoms with E-state index in [1.807, 2.05) is 6.92 Å². The zero-order chi connectivity index (χ0) is 10.8. The van der Waals surface area contributed by atoms with Crippen molar-refractivity contribution in [2.45, 2.75) is 13.3 Å². The monoisotopic (exact) mass is 205 g/mol. The molecule has 0 aliphatic heterocycles. The molecule has 0 amide bonds. The van der Waals surface area contributed by atoms with Gasteiger partial charge in [-0.25, -0.2) is 14.8 Å². The largest absolute Gasteiger partial charge is 0.464 e. The Morgan fingerprint density at radius 3 is 3.07 bits per heavy atom. The molecule has 0 aromatic carbocycles. The standard InChI is InChI=1S/C10H11N3O2/c1-3-6-9-7(11-5-12-9)4-8(13-6)10(14)15-2/h4-5H,3H2,1-2H3,(H,11,12). The van der Waals surface area contributed by atoms with Gasteiger partial charge in [-0.15, -0.1) is 0 Å². The molecule has 0 bridgehead atoms. The highest BCUT2D eigenvalue weighted by Crippen LogP contribution is 2.15. The van der Waals surface area contributed by atoms with Crippen LogP contribution in [0.25, 0.3) is 11.0 Å². The number of carbonyl (C=O) groups is 1. The van der Waals surface area contributed by atoms with Crippen LogP contribution in [0.5, 0.6) is 0 Å². The molecule has 2 aromatic rings. The van der Waals surface area contributed by atoms with Gasteiger partial charge in [0, 0.05) is 0 Å². The number of hydrogen-bond donors (Lipinski definition) is 1. The fourth-order valence-electron chi connectivity index (χ4n) is 1.47. The second-order valence-electron chi connectivity index (χ2n) is 3.10. The lowest BCUT2D eigenvalue weighted by atomic mass is 10.2. The number of imidazole rings is 1. The molecule has 2 heterocycles. The summed E-state index contributed by atoms with van der Waals surface area (Å²) >= 11 is 0. The molecule has 5 nitrogen and oxygen atoms in total. The van der Waals surface area contributed by atoms with Crippen molar-refractivity contribution >= 4 is 17.0 Å². The number of rotatable bonds is 2. The average molecular weight is 205 g/mol. The lowest BCUT2D eigenvalue weighted by Gasteiger charge is -2.02. The normalized spacial score (nSPS) is 10.5. The molecule has 0 fully saturated rings. The van der Waals surface area contributed by atoms with Crippen molar-refractivity contribution in [3.8, 4) is 0 Å². The Balaban J connectivity index is 2.63. The number of hydrogen-bond acceptors (Lipinski definition) is 4. The summed E-state index contributed by atoms with van der Waals surface area (Å²) in [5, 5.41) is 0. The van der Waals surface area contributed by atoms with Crippen LogP contribution < -0.4 is 0 Å². The van der Waals surface area contributed by atoms with E-state index in [2.05, 4.69) is 19.7 Å². The number of nitrogens with one attached hydrogen (secondary N) is 1. The maximum Gasteiger partial charge on any atom is 0.356 e. The Morgan fingerprint density at radius 2 is 2.40 bits per heavy atom. The van der Waals surface area contributed by atoms with E-state index in [4.69, 9.17) is 0 Å². The highest BCUT2D eigenvalue weighted by Gasteiger charge is 2.12. The molecule has 0 spiro atoms. The first-order valence-electron chi connectivity index (χ1n) is 4.67. The summed E-state index contributed by atoms with van der Waals surface area (Å²) < 4.78 is 4.63. The van der Waals surface area contributed by atoms with Crippen LogP contribution in [0.3, 0.4) is 0 Å². The molecule has 0 saturated carbocycles. The van der Waals surface area contributed by atoms with Gasteiger partial charge in [0.2, 0.25) is 0 Å². The molecule has 0 atom stereocenters. The van der Waals surface area contributed by atoms with Gasteiger partial charge < -0.3 is 9.72 Å². The summed E-state index contributed by atoms with van der Waals surface area (Å²) in [5.41, 5.74) is 2.73. The summed E-state index contributed by atoms with van der Waals surface area (Å²) in [6, 6.07) is 1.65. The average Bonchev–Trinajstić information content (AvgIpc) is 2.74. The molecular weight excluding hydrogens is 194 g/mol. The minimum atomic E-state index is -0.429. The van der Waals surface area contributed by atoms with Gasteiger partial charge in [0.25, 0.3) is 0 Å². The molecule has 0 saturated heterocycles. The van der Waals surface area contributed by atoms with Crippen LogP contribution >= 0.6 is 0 Å². The molecule has 2 aromatic heterocycles. The number of esters is 1. The van der Waals surface area contributed by atoms with E-state index in [1.165, 1.54) is 7.11 Å². The van der Waals surface area contributed by atoms with Crippen LogP contribution in [-0.4, -0.2) is 28.0 Å². The number of fused-ring (bicyclic) bond motifs is 1. The summed E-state index contributed by atoms with van der Waals surface area (Å²) in [4.78, 5) is 22.6. The third-order valence-corrected chi connectivity index (χ3v) is 2.21.